The minimum Gasteiger partial charge on any atom is -0.265 e. The van der Waals surface area contributed by atoms with E-state index >= 15 is 0 Å². The van der Waals surface area contributed by atoms with Crippen molar-refractivity contribution in [1.29, 1.82) is 0 Å². The van der Waals surface area contributed by atoms with Gasteiger partial charge in [0.25, 0.3) is 0 Å². The highest BCUT2D eigenvalue weighted by Gasteiger charge is 2.25. The molecule has 3 aliphatic rings. The molecule has 0 saturated heterocycles. The van der Waals surface area contributed by atoms with Crippen molar-refractivity contribution in [3.05, 3.63) is 107 Å². The van der Waals surface area contributed by atoms with E-state index in [0.29, 0.717) is 5.92 Å². The van der Waals surface area contributed by atoms with Crippen molar-refractivity contribution in [2.75, 3.05) is 0 Å². The van der Waals surface area contributed by atoms with Gasteiger partial charge in [-0.25, -0.2) is 0 Å². The monoisotopic (exact) mass is 309 g/mol. The number of benzene rings is 1. The van der Waals surface area contributed by atoms with Gasteiger partial charge < -0.3 is 0 Å². The fourth-order valence-electron chi connectivity index (χ4n) is 4.27. The SMILES string of the molecule is C1=CCC2=CCc3c(ccc4c3CC=CC4c3ccncc3)C2=C1. The number of pyridine rings is 1. The molecule has 0 radical (unpaired) electrons. The molecular weight excluding hydrogens is 290 g/mol. The maximum atomic E-state index is 4.17. The second-order valence-corrected chi connectivity index (χ2v) is 6.70. The van der Waals surface area contributed by atoms with Crippen LogP contribution in [0.1, 0.15) is 40.2 Å². The van der Waals surface area contributed by atoms with Crippen LogP contribution in [0.3, 0.4) is 0 Å². The van der Waals surface area contributed by atoms with Crippen LogP contribution in [0.2, 0.25) is 0 Å². The van der Waals surface area contributed by atoms with E-state index in [-0.39, 0.29) is 0 Å². The number of aromatic nitrogens is 1. The van der Waals surface area contributed by atoms with E-state index in [0.717, 1.165) is 19.3 Å². The van der Waals surface area contributed by atoms with Gasteiger partial charge in [0.05, 0.1) is 0 Å². The Morgan fingerprint density at radius 2 is 1.79 bits per heavy atom. The quantitative estimate of drug-likeness (QED) is 0.664. The summed E-state index contributed by atoms with van der Waals surface area (Å²) < 4.78 is 0. The molecule has 1 aromatic heterocycles. The van der Waals surface area contributed by atoms with Crippen molar-refractivity contribution in [1.82, 2.24) is 4.98 Å². The van der Waals surface area contributed by atoms with E-state index in [9.17, 15) is 0 Å². The number of hydrogen-bond acceptors (Lipinski definition) is 1. The summed E-state index contributed by atoms with van der Waals surface area (Å²) in [5, 5.41) is 0. The molecule has 2 aromatic rings. The van der Waals surface area contributed by atoms with Gasteiger partial charge in [0.2, 0.25) is 0 Å². The molecule has 1 nitrogen and oxygen atoms in total. The van der Waals surface area contributed by atoms with Crippen LogP contribution in [0.15, 0.2) is 78.7 Å². The van der Waals surface area contributed by atoms with Gasteiger partial charge in [-0.3, -0.25) is 4.98 Å². The highest BCUT2D eigenvalue weighted by atomic mass is 14.6. The first-order valence-electron chi connectivity index (χ1n) is 8.69. The first-order valence-corrected chi connectivity index (χ1v) is 8.69. The maximum Gasteiger partial charge on any atom is 0.0273 e. The Kier molecular flexibility index (Phi) is 3.12. The van der Waals surface area contributed by atoms with Crippen molar-refractivity contribution in [3.8, 4) is 0 Å². The van der Waals surface area contributed by atoms with Crippen molar-refractivity contribution < 1.29 is 0 Å². The second kappa shape index (κ2) is 5.45. The van der Waals surface area contributed by atoms with Gasteiger partial charge in [-0.2, -0.15) is 0 Å². The fourth-order valence-corrected chi connectivity index (χ4v) is 4.27. The predicted molar refractivity (Wildman–Crippen MR) is 98.9 cm³/mol. The average Bonchev–Trinajstić information content (AvgIpc) is 2.67. The van der Waals surface area contributed by atoms with Crippen molar-refractivity contribution in [2.24, 2.45) is 0 Å². The second-order valence-electron chi connectivity index (χ2n) is 6.70. The Balaban J connectivity index is 1.66. The molecule has 0 spiro atoms. The number of hydrogen-bond donors (Lipinski definition) is 0. The van der Waals surface area contributed by atoms with Gasteiger partial charge in [-0.15, -0.1) is 0 Å². The molecular formula is C23H19N. The molecule has 1 unspecified atom stereocenters. The summed E-state index contributed by atoms with van der Waals surface area (Å²) in [6.07, 6.45) is 20.8. The summed E-state index contributed by atoms with van der Waals surface area (Å²) in [4.78, 5) is 4.17. The standard InChI is InChI=1S/C23H19N/c1-2-5-18-16(4-1)8-9-23-20-7-3-6-19(17-12-14-24-15-13-17)21(20)10-11-22(18)23/h1-3,5-6,8,10-15,19H,4,7,9H2. The Morgan fingerprint density at radius 3 is 2.71 bits per heavy atom. The van der Waals surface area contributed by atoms with Gasteiger partial charge in [-0.05, 0) is 70.4 Å². The van der Waals surface area contributed by atoms with Crippen LogP contribution in [-0.2, 0) is 12.8 Å². The van der Waals surface area contributed by atoms with Crippen LogP contribution in [0.4, 0.5) is 0 Å². The molecule has 1 heterocycles. The van der Waals surface area contributed by atoms with Crippen molar-refractivity contribution in [3.63, 3.8) is 0 Å². The van der Waals surface area contributed by atoms with Crippen molar-refractivity contribution in [2.45, 2.75) is 25.2 Å². The Hall–Kier alpha value is -2.67. The normalized spacial score (nSPS) is 20.6. The summed E-state index contributed by atoms with van der Waals surface area (Å²) >= 11 is 0. The van der Waals surface area contributed by atoms with Crippen LogP contribution in [0, 0.1) is 0 Å². The molecule has 3 aliphatic carbocycles. The van der Waals surface area contributed by atoms with E-state index in [1.807, 2.05) is 12.4 Å². The van der Waals surface area contributed by atoms with Crippen LogP contribution >= 0.6 is 0 Å². The lowest BCUT2D eigenvalue weighted by Crippen LogP contribution is -2.13. The molecule has 1 aromatic carbocycles. The average molecular weight is 309 g/mol. The Morgan fingerprint density at radius 1 is 0.875 bits per heavy atom. The summed E-state index contributed by atoms with van der Waals surface area (Å²) in [6, 6.07) is 8.97. The lowest BCUT2D eigenvalue weighted by molar-refractivity contribution is 0.926. The molecule has 5 rings (SSSR count). The van der Waals surface area contributed by atoms with Crippen molar-refractivity contribution >= 4 is 5.57 Å². The number of rotatable bonds is 1. The zero-order chi connectivity index (χ0) is 15.9. The molecule has 0 aliphatic heterocycles. The Bertz CT molecular complexity index is 926. The number of allylic oxidation sites excluding steroid dienone is 8. The lowest BCUT2D eigenvalue weighted by atomic mass is 9.75. The fraction of sp³-hybridized carbons (Fsp3) is 0.174. The smallest absolute Gasteiger partial charge is 0.0273 e. The molecule has 0 bridgehead atoms. The van der Waals surface area contributed by atoms with Gasteiger partial charge in [-0.1, -0.05) is 48.6 Å². The first kappa shape index (κ1) is 13.7. The zero-order valence-corrected chi connectivity index (χ0v) is 13.6. The lowest BCUT2D eigenvalue weighted by Gasteiger charge is -2.29. The predicted octanol–water partition coefficient (Wildman–Crippen LogP) is 5.15. The van der Waals surface area contributed by atoms with Gasteiger partial charge in [0, 0.05) is 18.3 Å². The minimum absolute atomic E-state index is 0.354. The highest BCUT2D eigenvalue weighted by molar-refractivity contribution is 5.86. The summed E-state index contributed by atoms with van der Waals surface area (Å²) in [6.45, 7) is 0. The van der Waals surface area contributed by atoms with Crippen LogP contribution in [0.5, 0.6) is 0 Å². The molecule has 0 saturated carbocycles. The van der Waals surface area contributed by atoms with E-state index in [1.165, 1.54) is 39.0 Å². The third kappa shape index (κ3) is 2.05. The van der Waals surface area contributed by atoms with Gasteiger partial charge in [0.1, 0.15) is 0 Å². The number of nitrogens with zero attached hydrogens (tertiary/aromatic N) is 1. The topological polar surface area (TPSA) is 12.9 Å². The molecule has 0 amide bonds. The number of fused-ring (bicyclic) bond motifs is 5. The van der Waals surface area contributed by atoms with Crippen LogP contribution in [-0.4, -0.2) is 4.98 Å². The maximum absolute atomic E-state index is 4.17. The van der Waals surface area contributed by atoms with E-state index in [4.69, 9.17) is 0 Å². The van der Waals surface area contributed by atoms with Gasteiger partial charge >= 0.3 is 0 Å². The molecule has 0 fully saturated rings. The summed E-state index contributed by atoms with van der Waals surface area (Å²) in [5.41, 5.74) is 10.2. The molecule has 116 valence electrons. The summed E-state index contributed by atoms with van der Waals surface area (Å²) in [7, 11) is 0. The van der Waals surface area contributed by atoms with Gasteiger partial charge in [0.15, 0.2) is 0 Å². The largest absolute Gasteiger partial charge is 0.265 e. The molecule has 0 N–H and O–H groups in total. The third-order valence-corrected chi connectivity index (χ3v) is 5.44. The Labute approximate surface area is 142 Å². The first-order chi connectivity index (χ1) is 11.9. The van der Waals surface area contributed by atoms with E-state index in [1.54, 1.807) is 0 Å². The molecule has 24 heavy (non-hydrogen) atoms. The third-order valence-electron chi connectivity index (χ3n) is 5.44. The summed E-state index contributed by atoms with van der Waals surface area (Å²) in [5.74, 6) is 0.354. The zero-order valence-electron chi connectivity index (χ0n) is 13.6. The molecule has 1 heteroatoms. The van der Waals surface area contributed by atoms with Crippen LogP contribution < -0.4 is 0 Å². The molecule has 1 atom stereocenters. The van der Waals surface area contributed by atoms with E-state index < -0.39 is 0 Å². The minimum atomic E-state index is 0.354. The van der Waals surface area contributed by atoms with E-state index in [2.05, 4.69) is 65.7 Å². The van der Waals surface area contributed by atoms with Crippen LogP contribution in [0.25, 0.3) is 5.57 Å². The highest BCUT2D eigenvalue weighted by Crippen LogP contribution is 2.42.